The van der Waals surface area contributed by atoms with Gasteiger partial charge in [0.05, 0.1) is 5.97 Å². The number of esters is 2. The number of carbonyl (C=O) groups is 3. The maximum absolute atomic E-state index is 10.5. The van der Waals surface area contributed by atoms with E-state index in [-0.39, 0.29) is 29.6 Å². The van der Waals surface area contributed by atoms with E-state index in [4.69, 9.17) is 0 Å². The summed E-state index contributed by atoms with van der Waals surface area (Å²) < 4.78 is 8.48. The van der Waals surface area contributed by atoms with E-state index in [9.17, 15) is 19.5 Å². The van der Waals surface area contributed by atoms with E-state index >= 15 is 0 Å². The summed E-state index contributed by atoms with van der Waals surface area (Å²) in [5.41, 5.74) is 0. The molecule has 0 saturated heterocycles. The SMILES string of the molecule is CC(=O)OCOC(=O)/C=C/C(=O)[O-].[Na+]. The molecule has 72 valence electrons. The van der Waals surface area contributed by atoms with Gasteiger partial charge in [0.1, 0.15) is 0 Å². The molecular formula is C7H7NaO6. The minimum Gasteiger partial charge on any atom is -0.545 e. The first-order chi connectivity index (χ1) is 6.02. The van der Waals surface area contributed by atoms with Crippen molar-refractivity contribution in [2.45, 2.75) is 6.92 Å². The topological polar surface area (TPSA) is 92.7 Å². The molecule has 0 N–H and O–H groups in total. The molecule has 6 nitrogen and oxygen atoms in total. The Morgan fingerprint density at radius 3 is 2.21 bits per heavy atom. The summed E-state index contributed by atoms with van der Waals surface area (Å²) >= 11 is 0. The van der Waals surface area contributed by atoms with Crippen molar-refractivity contribution in [3.05, 3.63) is 12.2 Å². The number of hydrogen-bond donors (Lipinski definition) is 0. The fourth-order valence-electron chi connectivity index (χ4n) is 0.355. The summed E-state index contributed by atoms with van der Waals surface area (Å²) in [5.74, 6) is -3.04. The molecule has 14 heavy (non-hydrogen) atoms. The molecule has 0 atom stereocenters. The number of carbonyl (C=O) groups excluding carboxylic acids is 3. The Bertz CT molecular complexity index is 247. The van der Waals surface area contributed by atoms with Gasteiger partial charge in [-0.3, -0.25) is 4.79 Å². The molecule has 0 bridgehead atoms. The molecule has 0 aromatic rings. The fraction of sp³-hybridized carbons (Fsp3) is 0.286. The predicted octanol–water partition coefficient (Wildman–Crippen LogP) is -4.64. The maximum Gasteiger partial charge on any atom is 1.00 e. The van der Waals surface area contributed by atoms with Gasteiger partial charge in [-0.05, 0) is 6.08 Å². The number of ether oxygens (including phenoxy) is 2. The average molecular weight is 210 g/mol. The zero-order chi connectivity index (χ0) is 10.3. The van der Waals surface area contributed by atoms with Gasteiger partial charge in [-0.1, -0.05) is 0 Å². The summed E-state index contributed by atoms with van der Waals surface area (Å²) in [6.45, 7) is 0.608. The van der Waals surface area contributed by atoms with E-state index < -0.39 is 24.7 Å². The van der Waals surface area contributed by atoms with Crippen LogP contribution in [0, 0.1) is 0 Å². The molecule has 0 aromatic carbocycles. The zero-order valence-electron chi connectivity index (χ0n) is 7.81. The molecule has 0 radical (unpaired) electrons. The van der Waals surface area contributed by atoms with E-state index in [2.05, 4.69) is 9.47 Å². The molecular weight excluding hydrogens is 203 g/mol. The number of carboxylic acid groups (broad SMARTS) is 1. The van der Waals surface area contributed by atoms with Crippen LogP contribution in [0.25, 0.3) is 0 Å². The van der Waals surface area contributed by atoms with Crippen LogP contribution in [-0.4, -0.2) is 24.7 Å². The third-order valence-corrected chi connectivity index (χ3v) is 0.819. The molecule has 0 unspecified atom stereocenters. The Morgan fingerprint density at radius 2 is 1.79 bits per heavy atom. The molecule has 0 rings (SSSR count). The minimum atomic E-state index is -1.51. The summed E-state index contributed by atoms with van der Waals surface area (Å²) in [5, 5.41) is 9.79. The Balaban J connectivity index is 0. The van der Waals surface area contributed by atoms with E-state index in [0.717, 1.165) is 6.92 Å². The van der Waals surface area contributed by atoms with Crippen LogP contribution in [0.4, 0.5) is 0 Å². The predicted molar refractivity (Wildman–Crippen MR) is 36.9 cm³/mol. The van der Waals surface area contributed by atoms with Crippen LogP contribution in [0.2, 0.25) is 0 Å². The summed E-state index contributed by atoms with van der Waals surface area (Å²) in [4.78, 5) is 30.5. The van der Waals surface area contributed by atoms with Crippen LogP contribution in [0.15, 0.2) is 12.2 Å². The van der Waals surface area contributed by atoms with Gasteiger partial charge >= 0.3 is 41.5 Å². The average Bonchev–Trinajstić information content (AvgIpc) is 2.00. The van der Waals surface area contributed by atoms with Crippen LogP contribution in [0.5, 0.6) is 0 Å². The Kier molecular flexibility index (Phi) is 9.74. The van der Waals surface area contributed by atoms with Crippen molar-refractivity contribution in [1.29, 1.82) is 0 Å². The molecule has 0 heterocycles. The van der Waals surface area contributed by atoms with Crippen LogP contribution >= 0.6 is 0 Å². The Morgan fingerprint density at radius 1 is 1.21 bits per heavy atom. The first-order valence-corrected chi connectivity index (χ1v) is 3.21. The van der Waals surface area contributed by atoms with Gasteiger partial charge in [0, 0.05) is 13.0 Å². The van der Waals surface area contributed by atoms with Gasteiger partial charge < -0.3 is 19.4 Å². The third-order valence-electron chi connectivity index (χ3n) is 0.819. The minimum absolute atomic E-state index is 0. The molecule has 0 amide bonds. The number of rotatable bonds is 4. The summed E-state index contributed by atoms with van der Waals surface area (Å²) in [6, 6.07) is 0. The Hall–Kier alpha value is -0.850. The second kappa shape index (κ2) is 8.74. The molecule has 0 aliphatic carbocycles. The van der Waals surface area contributed by atoms with Gasteiger partial charge in [-0.15, -0.1) is 0 Å². The van der Waals surface area contributed by atoms with Crippen molar-refractivity contribution in [1.82, 2.24) is 0 Å². The molecule has 0 spiro atoms. The fourth-order valence-corrected chi connectivity index (χ4v) is 0.355. The molecule has 0 aromatic heterocycles. The number of aliphatic carboxylic acids is 1. The van der Waals surface area contributed by atoms with Crippen LogP contribution in [0.1, 0.15) is 6.92 Å². The van der Waals surface area contributed by atoms with Gasteiger partial charge in [-0.2, -0.15) is 0 Å². The summed E-state index contributed by atoms with van der Waals surface area (Å²) in [7, 11) is 0. The largest absolute Gasteiger partial charge is 1.00 e. The second-order valence-corrected chi connectivity index (χ2v) is 1.87. The van der Waals surface area contributed by atoms with Crippen molar-refractivity contribution in [2.24, 2.45) is 0 Å². The molecule has 0 aliphatic heterocycles. The van der Waals surface area contributed by atoms with E-state index in [1.807, 2.05) is 0 Å². The van der Waals surface area contributed by atoms with E-state index in [0.29, 0.717) is 12.2 Å². The monoisotopic (exact) mass is 210 g/mol. The first-order valence-electron chi connectivity index (χ1n) is 3.21. The van der Waals surface area contributed by atoms with Crippen molar-refractivity contribution in [3.63, 3.8) is 0 Å². The van der Waals surface area contributed by atoms with Crippen LogP contribution < -0.4 is 34.7 Å². The quantitative estimate of drug-likeness (QED) is 0.200. The standard InChI is InChI=1S/C7H8O6.Na/c1-5(8)12-4-13-7(11)3-2-6(9)10;/h2-3H,4H2,1H3,(H,9,10);/q;+1/p-1/b3-2+;. The van der Waals surface area contributed by atoms with Gasteiger partial charge in [0.15, 0.2) is 0 Å². The first kappa shape index (κ1) is 15.6. The third kappa shape index (κ3) is 11.2. The van der Waals surface area contributed by atoms with Gasteiger partial charge in [0.25, 0.3) is 0 Å². The second-order valence-electron chi connectivity index (χ2n) is 1.87. The molecule has 0 fully saturated rings. The number of hydrogen-bond acceptors (Lipinski definition) is 6. The number of carboxylic acids is 1. The molecule has 0 aliphatic rings. The van der Waals surface area contributed by atoms with Crippen molar-refractivity contribution in [2.75, 3.05) is 6.79 Å². The van der Waals surface area contributed by atoms with Crippen LogP contribution in [-0.2, 0) is 23.9 Å². The van der Waals surface area contributed by atoms with E-state index in [1.54, 1.807) is 0 Å². The molecule has 0 saturated carbocycles. The molecule has 7 heteroatoms. The summed E-state index contributed by atoms with van der Waals surface area (Å²) in [6.07, 6.45) is 1.16. The van der Waals surface area contributed by atoms with Crippen LogP contribution in [0.3, 0.4) is 0 Å². The smallest absolute Gasteiger partial charge is 0.545 e. The normalized spacial score (nSPS) is 8.93. The van der Waals surface area contributed by atoms with Crippen molar-refractivity contribution < 1.29 is 58.5 Å². The van der Waals surface area contributed by atoms with Crippen molar-refractivity contribution in [3.8, 4) is 0 Å². The Labute approximate surface area is 102 Å². The van der Waals surface area contributed by atoms with Gasteiger partial charge in [-0.25, -0.2) is 4.79 Å². The van der Waals surface area contributed by atoms with Gasteiger partial charge in [0.2, 0.25) is 6.79 Å². The zero-order valence-corrected chi connectivity index (χ0v) is 9.81. The maximum atomic E-state index is 10.5. The van der Waals surface area contributed by atoms with E-state index in [1.165, 1.54) is 0 Å². The van der Waals surface area contributed by atoms with Crippen molar-refractivity contribution >= 4 is 17.9 Å².